The number of unbranched alkanes of at least 4 members (excludes halogenated alkanes) is 4. The van der Waals surface area contributed by atoms with E-state index in [-0.39, 0.29) is 5.41 Å². The van der Waals surface area contributed by atoms with Crippen LogP contribution in [0.4, 0.5) is 0 Å². The molecule has 0 saturated heterocycles. The van der Waals surface area contributed by atoms with Crippen LogP contribution in [0.2, 0.25) is 0 Å². The molecular weight excluding hydrogens is 290 g/mol. The molecule has 0 bridgehead atoms. The van der Waals surface area contributed by atoms with Gasteiger partial charge in [0.1, 0.15) is 0 Å². The maximum atomic E-state index is 9.97. The first-order valence-corrected chi connectivity index (χ1v) is 11.1. The molecule has 0 atom stereocenters. The van der Waals surface area contributed by atoms with Crippen molar-refractivity contribution in [3.05, 3.63) is 0 Å². The van der Waals surface area contributed by atoms with Crippen LogP contribution in [0.3, 0.4) is 0 Å². The van der Waals surface area contributed by atoms with Crippen LogP contribution >= 0.6 is 0 Å². The normalized spacial score (nSPS) is 34.0. The Morgan fingerprint density at radius 1 is 0.750 bits per heavy atom. The lowest BCUT2D eigenvalue weighted by molar-refractivity contribution is 0.0845. The van der Waals surface area contributed by atoms with E-state index in [9.17, 15) is 5.26 Å². The van der Waals surface area contributed by atoms with E-state index in [0.29, 0.717) is 5.92 Å². The summed E-state index contributed by atoms with van der Waals surface area (Å²) in [5.74, 6) is 2.59. The molecule has 138 valence electrons. The van der Waals surface area contributed by atoms with Crippen LogP contribution in [-0.4, -0.2) is 0 Å². The van der Waals surface area contributed by atoms with E-state index < -0.39 is 0 Å². The van der Waals surface area contributed by atoms with E-state index >= 15 is 0 Å². The summed E-state index contributed by atoms with van der Waals surface area (Å²) in [6.45, 7) is 4.60. The highest BCUT2D eigenvalue weighted by Gasteiger charge is 2.43. The van der Waals surface area contributed by atoms with E-state index in [1.807, 2.05) is 0 Å². The minimum Gasteiger partial charge on any atom is -0.198 e. The van der Waals surface area contributed by atoms with E-state index in [1.54, 1.807) is 0 Å². The van der Waals surface area contributed by atoms with Crippen molar-refractivity contribution in [2.45, 2.75) is 117 Å². The third-order valence-corrected chi connectivity index (χ3v) is 7.26. The van der Waals surface area contributed by atoms with Gasteiger partial charge in [-0.2, -0.15) is 5.26 Å². The topological polar surface area (TPSA) is 23.8 Å². The van der Waals surface area contributed by atoms with Crippen LogP contribution in [0.25, 0.3) is 0 Å². The van der Waals surface area contributed by atoms with Crippen molar-refractivity contribution in [3.8, 4) is 6.07 Å². The Morgan fingerprint density at radius 3 is 1.96 bits per heavy atom. The summed E-state index contributed by atoms with van der Waals surface area (Å²) in [5.41, 5.74) is 0.0515. The average molecular weight is 332 g/mol. The van der Waals surface area contributed by atoms with Gasteiger partial charge in [0.15, 0.2) is 0 Å². The van der Waals surface area contributed by atoms with Crippen molar-refractivity contribution in [1.82, 2.24) is 0 Å². The van der Waals surface area contributed by atoms with E-state index in [2.05, 4.69) is 19.9 Å². The predicted octanol–water partition coefficient (Wildman–Crippen LogP) is 7.65. The third kappa shape index (κ3) is 5.50. The van der Waals surface area contributed by atoms with Crippen LogP contribution in [0.15, 0.2) is 0 Å². The van der Waals surface area contributed by atoms with Gasteiger partial charge in [-0.15, -0.1) is 0 Å². The van der Waals surface area contributed by atoms with Crippen molar-refractivity contribution in [2.24, 2.45) is 23.2 Å². The van der Waals surface area contributed by atoms with Gasteiger partial charge in [0.25, 0.3) is 0 Å². The molecule has 0 unspecified atom stereocenters. The van der Waals surface area contributed by atoms with E-state index in [4.69, 9.17) is 0 Å². The first kappa shape index (κ1) is 19.8. The highest BCUT2D eigenvalue weighted by Crippen LogP contribution is 2.50. The molecule has 0 aromatic rings. The van der Waals surface area contributed by atoms with Gasteiger partial charge in [0, 0.05) is 0 Å². The molecule has 2 rings (SSSR count). The molecule has 0 N–H and O–H groups in total. The molecule has 1 nitrogen and oxygen atoms in total. The van der Waals surface area contributed by atoms with Gasteiger partial charge >= 0.3 is 0 Å². The van der Waals surface area contributed by atoms with Gasteiger partial charge in [-0.05, 0) is 56.3 Å². The fraction of sp³-hybridized carbons (Fsp3) is 0.957. The lowest BCUT2D eigenvalue weighted by Gasteiger charge is -2.43. The van der Waals surface area contributed by atoms with Crippen molar-refractivity contribution < 1.29 is 0 Å². The van der Waals surface area contributed by atoms with Gasteiger partial charge < -0.3 is 0 Å². The molecule has 0 spiro atoms. The summed E-state index contributed by atoms with van der Waals surface area (Å²) in [7, 11) is 0. The van der Waals surface area contributed by atoms with Gasteiger partial charge in [-0.25, -0.2) is 0 Å². The van der Waals surface area contributed by atoms with Crippen LogP contribution in [0.1, 0.15) is 117 Å². The molecule has 0 aromatic heterocycles. The lowest BCUT2D eigenvalue weighted by Crippen LogP contribution is -2.36. The lowest BCUT2D eigenvalue weighted by atomic mass is 9.59. The van der Waals surface area contributed by atoms with Crippen molar-refractivity contribution in [3.63, 3.8) is 0 Å². The number of hydrogen-bond donors (Lipinski definition) is 0. The minimum absolute atomic E-state index is 0.0515. The van der Waals surface area contributed by atoms with Crippen molar-refractivity contribution >= 4 is 0 Å². The summed E-state index contributed by atoms with van der Waals surface area (Å²) < 4.78 is 0. The standard InChI is InChI=1S/C23H41N/c1-3-5-6-7-8-10-21-15-17-23(19-24,18-16-21)22-13-11-20(9-4-2)12-14-22/h20-22H,3-18H2,1-2H3. The van der Waals surface area contributed by atoms with Crippen molar-refractivity contribution in [2.75, 3.05) is 0 Å². The van der Waals surface area contributed by atoms with Gasteiger partial charge in [0.2, 0.25) is 0 Å². The fourth-order valence-electron chi connectivity index (χ4n) is 5.54. The first-order valence-electron chi connectivity index (χ1n) is 11.1. The summed E-state index contributed by atoms with van der Waals surface area (Å²) >= 11 is 0. The summed E-state index contributed by atoms with van der Waals surface area (Å²) in [6, 6.07) is 2.84. The van der Waals surface area contributed by atoms with E-state index in [0.717, 1.165) is 11.8 Å². The highest BCUT2D eigenvalue weighted by atomic mass is 14.5. The zero-order valence-corrected chi connectivity index (χ0v) is 16.5. The maximum Gasteiger partial charge on any atom is 0.0692 e. The molecule has 24 heavy (non-hydrogen) atoms. The smallest absolute Gasteiger partial charge is 0.0692 e. The second kappa shape index (κ2) is 10.5. The van der Waals surface area contributed by atoms with Gasteiger partial charge in [-0.3, -0.25) is 0 Å². The molecule has 2 aliphatic carbocycles. The van der Waals surface area contributed by atoms with E-state index in [1.165, 1.54) is 103 Å². The summed E-state index contributed by atoms with van der Waals surface area (Å²) in [6.07, 6.45) is 21.7. The molecular formula is C23H41N. The summed E-state index contributed by atoms with van der Waals surface area (Å²) in [4.78, 5) is 0. The van der Waals surface area contributed by atoms with Crippen LogP contribution in [0.5, 0.6) is 0 Å². The van der Waals surface area contributed by atoms with Gasteiger partial charge in [0.05, 0.1) is 11.5 Å². The average Bonchev–Trinajstić information content (AvgIpc) is 2.63. The maximum absolute atomic E-state index is 9.97. The molecule has 0 radical (unpaired) electrons. The Balaban J connectivity index is 1.72. The molecule has 0 heterocycles. The largest absolute Gasteiger partial charge is 0.198 e. The Morgan fingerprint density at radius 2 is 1.38 bits per heavy atom. The highest BCUT2D eigenvalue weighted by molar-refractivity contribution is 5.06. The molecule has 0 aromatic carbocycles. The number of nitriles is 1. The quantitative estimate of drug-likeness (QED) is 0.398. The Labute approximate surface area is 151 Å². The molecule has 2 aliphatic rings. The Hall–Kier alpha value is -0.510. The third-order valence-electron chi connectivity index (χ3n) is 7.26. The monoisotopic (exact) mass is 331 g/mol. The second-order valence-electron chi connectivity index (χ2n) is 8.92. The number of hydrogen-bond acceptors (Lipinski definition) is 1. The molecule has 0 aliphatic heterocycles. The van der Waals surface area contributed by atoms with Crippen LogP contribution < -0.4 is 0 Å². The van der Waals surface area contributed by atoms with Gasteiger partial charge in [-0.1, -0.05) is 78.1 Å². The molecule has 0 amide bonds. The Kier molecular flexibility index (Phi) is 8.65. The Bertz CT molecular complexity index is 364. The SMILES string of the molecule is CCCCCCCC1CCC(C#N)(C2CCC(CCC)CC2)CC1. The number of rotatable bonds is 9. The predicted molar refractivity (Wildman–Crippen MR) is 104 cm³/mol. The summed E-state index contributed by atoms with van der Waals surface area (Å²) in [5, 5.41) is 9.97. The second-order valence-corrected chi connectivity index (χ2v) is 8.92. The molecule has 2 fully saturated rings. The van der Waals surface area contributed by atoms with Crippen LogP contribution in [0, 0.1) is 34.5 Å². The fourth-order valence-corrected chi connectivity index (χ4v) is 5.54. The zero-order chi connectivity index (χ0) is 17.3. The molecule has 2 saturated carbocycles. The zero-order valence-electron chi connectivity index (χ0n) is 16.5. The molecule has 1 heteroatoms. The van der Waals surface area contributed by atoms with Crippen LogP contribution in [-0.2, 0) is 0 Å². The first-order chi connectivity index (χ1) is 11.7. The number of nitrogens with zero attached hydrogens (tertiary/aromatic N) is 1. The minimum atomic E-state index is 0.0515. The van der Waals surface area contributed by atoms with Crippen molar-refractivity contribution in [1.29, 1.82) is 5.26 Å².